The second-order valence-corrected chi connectivity index (χ2v) is 6.55. The third kappa shape index (κ3) is 3.78. The maximum Gasteiger partial charge on any atom is 0.258 e. The Balaban J connectivity index is 1.38. The summed E-state index contributed by atoms with van der Waals surface area (Å²) < 4.78 is 1.58. The van der Waals surface area contributed by atoms with Gasteiger partial charge in [0.05, 0.1) is 5.69 Å². The van der Waals surface area contributed by atoms with Gasteiger partial charge in [0.1, 0.15) is 5.65 Å². The first-order chi connectivity index (χ1) is 12.3. The number of hydrogen-bond acceptors (Lipinski definition) is 4. The predicted molar refractivity (Wildman–Crippen MR) is 98.5 cm³/mol. The van der Waals surface area contributed by atoms with Crippen LogP contribution < -0.4 is 5.56 Å². The van der Waals surface area contributed by atoms with Gasteiger partial charge in [0.25, 0.3) is 5.56 Å². The lowest BCUT2D eigenvalue weighted by Crippen LogP contribution is -2.45. The molecule has 5 heteroatoms. The van der Waals surface area contributed by atoms with Crippen molar-refractivity contribution < 1.29 is 0 Å². The van der Waals surface area contributed by atoms with E-state index < -0.39 is 0 Å². The molecule has 0 atom stereocenters. The first-order valence-corrected chi connectivity index (χ1v) is 8.74. The Bertz CT molecular complexity index is 898. The SMILES string of the molecule is O=c1cc(CN2CCN(Cc3ccccc3)CC2)nc2ccccn12. The van der Waals surface area contributed by atoms with Crippen molar-refractivity contribution in [3.8, 4) is 0 Å². The van der Waals surface area contributed by atoms with Crippen molar-refractivity contribution in [1.82, 2.24) is 19.2 Å². The zero-order chi connectivity index (χ0) is 17.1. The molecular weight excluding hydrogens is 312 g/mol. The Morgan fingerprint density at radius 2 is 1.52 bits per heavy atom. The van der Waals surface area contributed by atoms with E-state index in [4.69, 9.17) is 0 Å². The van der Waals surface area contributed by atoms with E-state index in [1.54, 1.807) is 16.7 Å². The highest BCUT2D eigenvalue weighted by Crippen LogP contribution is 2.10. The second kappa shape index (κ2) is 7.17. The Hall–Kier alpha value is -2.50. The Kier molecular flexibility index (Phi) is 4.59. The van der Waals surface area contributed by atoms with E-state index in [-0.39, 0.29) is 5.56 Å². The fourth-order valence-corrected chi connectivity index (χ4v) is 3.36. The number of piperazine rings is 1. The van der Waals surface area contributed by atoms with Crippen molar-refractivity contribution in [2.24, 2.45) is 0 Å². The van der Waals surface area contributed by atoms with Crippen molar-refractivity contribution in [3.05, 3.63) is 82.4 Å². The van der Waals surface area contributed by atoms with Crippen LogP contribution in [0.5, 0.6) is 0 Å². The van der Waals surface area contributed by atoms with E-state index in [1.807, 2.05) is 18.2 Å². The van der Waals surface area contributed by atoms with Gasteiger partial charge in [-0.15, -0.1) is 0 Å². The van der Waals surface area contributed by atoms with E-state index in [0.717, 1.165) is 45.0 Å². The summed E-state index contributed by atoms with van der Waals surface area (Å²) in [7, 11) is 0. The van der Waals surface area contributed by atoms with E-state index in [0.29, 0.717) is 5.65 Å². The van der Waals surface area contributed by atoms with Crippen LogP contribution in [0.2, 0.25) is 0 Å². The molecule has 0 unspecified atom stereocenters. The summed E-state index contributed by atoms with van der Waals surface area (Å²) in [5.74, 6) is 0. The number of benzene rings is 1. The predicted octanol–water partition coefficient (Wildman–Crippen LogP) is 2.01. The molecule has 128 valence electrons. The molecule has 0 bridgehead atoms. The minimum absolute atomic E-state index is 0.0108. The van der Waals surface area contributed by atoms with Crippen LogP contribution in [0.3, 0.4) is 0 Å². The van der Waals surface area contributed by atoms with Crippen LogP contribution in [0.15, 0.2) is 65.6 Å². The summed E-state index contributed by atoms with van der Waals surface area (Å²) in [6, 6.07) is 17.9. The molecule has 0 N–H and O–H groups in total. The monoisotopic (exact) mass is 334 g/mol. The summed E-state index contributed by atoms with van der Waals surface area (Å²) >= 11 is 0. The van der Waals surface area contributed by atoms with Crippen LogP contribution in [0, 0.1) is 0 Å². The minimum atomic E-state index is -0.0108. The largest absolute Gasteiger partial charge is 0.297 e. The van der Waals surface area contributed by atoms with E-state index in [2.05, 4.69) is 45.1 Å². The average Bonchev–Trinajstić information content (AvgIpc) is 2.64. The number of rotatable bonds is 4. The summed E-state index contributed by atoms with van der Waals surface area (Å²) in [5.41, 5.74) is 2.92. The highest BCUT2D eigenvalue weighted by molar-refractivity contribution is 5.37. The topological polar surface area (TPSA) is 40.9 Å². The third-order valence-corrected chi connectivity index (χ3v) is 4.72. The van der Waals surface area contributed by atoms with E-state index >= 15 is 0 Å². The third-order valence-electron chi connectivity index (χ3n) is 4.72. The lowest BCUT2D eigenvalue weighted by atomic mass is 10.2. The van der Waals surface area contributed by atoms with Crippen molar-refractivity contribution in [3.63, 3.8) is 0 Å². The van der Waals surface area contributed by atoms with Gasteiger partial charge in [0.2, 0.25) is 0 Å². The van der Waals surface area contributed by atoms with E-state index in [1.165, 1.54) is 5.56 Å². The zero-order valence-corrected chi connectivity index (χ0v) is 14.2. The summed E-state index contributed by atoms with van der Waals surface area (Å²) in [6.45, 7) is 5.83. The quantitative estimate of drug-likeness (QED) is 0.732. The lowest BCUT2D eigenvalue weighted by molar-refractivity contribution is 0.121. The molecule has 1 aromatic carbocycles. The van der Waals surface area contributed by atoms with Crippen molar-refractivity contribution in [2.45, 2.75) is 13.1 Å². The molecule has 4 rings (SSSR count). The molecule has 25 heavy (non-hydrogen) atoms. The molecule has 1 aliphatic rings. The first-order valence-electron chi connectivity index (χ1n) is 8.74. The van der Waals surface area contributed by atoms with Gasteiger partial charge in [-0.05, 0) is 17.7 Å². The molecular formula is C20H22N4O. The second-order valence-electron chi connectivity index (χ2n) is 6.55. The first kappa shape index (κ1) is 16.0. The van der Waals surface area contributed by atoms with Crippen molar-refractivity contribution >= 4 is 5.65 Å². The molecule has 5 nitrogen and oxygen atoms in total. The molecule has 0 spiro atoms. The highest BCUT2D eigenvalue weighted by Gasteiger charge is 2.17. The Morgan fingerprint density at radius 1 is 0.840 bits per heavy atom. The van der Waals surface area contributed by atoms with Gasteiger partial charge in [-0.3, -0.25) is 19.0 Å². The summed E-state index contributed by atoms with van der Waals surface area (Å²) in [6.07, 6.45) is 1.76. The number of fused-ring (bicyclic) bond motifs is 1. The van der Waals surface area contributed by atoms with Crippen molar-refractivity contribution in [2.75, 3.05) is 26.2 Å². The van der Waals surface area contributed by atoms with Gasteiger partial charge in [0, 0.05) is 51.5 Å². The van der Waals surface area contributed by atoms with Crippen LogP contribution in [0.4, 0.5) is 0 Å². The normalized spacial score (nSPS) is 16.3. The molecule has 3 heterocycles. The summed E-state index contributed by atoms with van der Waals surface area (Å²) in [5, 5.41) is 0. The van der Waals surface area contributed by atoms with Gasteiger partial charge < -0.3 is 0 Å². The minimum Gasteiger partial charge on any atom is -0.297 e. The maximum atomic E-state index is 12.2. The molecule has 1 fully saturated rings. The fraction of sp³-hybridized carbons (Fsp3) is 0.300. The van der Waals surface area contributed by atoms with Crippen LogP contribution in [0.1, 0.15) is 11.3 Å². The molecule has 0 radical (unpaired) electrons. The zero-order valence-electron chi connectivity index (χ0n) is 14.2. The van der Waals surface area contributed by atoms with Crippen LogP contribution >= 0.6 is 0 Å². The Morgan fingerprint density at radius 3 is 2.28 bits per heavy atom. The lowest BCUT2D eigenvalue weighted by Gasteiger charge is -2.34. The van der Waals surface area contributed by atoms with Gasteiger partial charge in [-0.1, -0.05) is 36.4 Å². The van der Waals surface area contributed by atoms with Gasteiger partial charge in [-0.25, -0.2) is 4.98 Å². The van der Waals surface area contributed by atoms with Crippen LogP contribution in [0.25, 0.3) is 5.65 Å². The van der Waals surface area contributed by atoms with Gasteiger partial charge in [0.15, 0.2) is 0 Å². The molecule has 3 aromatic rings. The van der Waals surface area contributed by atoms with Crippen molar-refractivity contribution in [1.29, 1.82) is 0 Å². The highest BCUT2D eigenvalue weighted by atomic mass is 16.1. The molecule has 0 amide bonds. The van der Waals surface area contributed by atoms with Crippen LogP contribution in [-0.2, 0) is 13.1 Å². The molecule has 2 aromatic heterocycles. The van der Waals surface area contributed by atoms with Gasteiger partial charge >= 0.3 is 0 Å². The smallest absolute Gasteiger partial charge is 0.258 e. The van der Waals surface area contributed by atoms with E-state index in [9.17, 15) is 4.79 Å². The fourth-order valence-electron chi connectivity index (χ4n) is 3.36. The molecule has 0 aliphatic carbocycles. The van der Waals surface area contributed by atoms with Gasteiger partial charge in [-0.2, -0.15) is 0 Å². The number of nitrogens with zero attached hydrogens (tertiary/aromatic N) is 4. The molecule has 1 saturated heterocycles. The maximum absolute atomic E-state index is 12.2. The molecule has 0 saturated carbocycles. The number of aromatic nitrogens is 2. The average molecular weight is 334 g/mol. The summed E-state index contributed by atoms with van der Waals surface area (Å²) in [4.78, 5) is 21.7. The number of hydrogen-bond donors (Lipinski definition) is 0. The number of pyridine rings is 1. The standard InChI is InChI=1S/C20H22N4O/c25-20-14-18(21-19-8-4-5-9-24(19)20)16-23-12-10-22(11-13-23)15-17-6-2-1-3-7-17/h1-9,14H,10-13,15-16H2. The Labute approximate surface area is 147 Å². The van der Waals surface area contributed by atoms with Crippen LogP contribution in [-0.4, -0.2) is 45.4 Å². The molecule has 1 aliphatic heterocycles.